The van der Waals surface area contributed by atoms with Crippen molar-refractivity contribution in [2.45, 2.75) is 12.8 Å². The van der Waals surface area contributed by atoms with Crippen LogP contribution in [0, 0.1) is 17.2 Å². The summed E-state index contributed by atoms with van der Waals surface area (Å²) in [6.07, 6.45) is 2.41. The smallest absolute Gasteiger partial charge is 0.142 e. The van der Waals surface area contributed by atoms with Gasteiger partial charge in [0, 0.05) is 19.6 Å². The number of aromatic nitrogens is 1. The number of hydrogen-bond donors (Lipinski definition) is 0. The largest absolute Gasteiger partial charge is 0.357 e. The number of rotatable bonds is 3. The van der Waals surface area contributed by atoms with Crippen LogP contribution in [0.15, 0.2) is 18.2 Å². The van der Waals surface area contributed by atoms with Gasteiger partial charge in [0.25, 0.3) is 0 Å². The highest BCUT2D eigenvalue weighted by molar-refractivity contribution is 5.41. The van der Waals surface area contributed by atoms with Crippen LogP contribution >= 0.6 is 0 Å². The zero-order valence-corrected chi connectivity index (χ0v) is 11.1. The maximum atomic E-state index is 8.87. The van der Waals surface area contributed by atoms with Crippen LogP contribution in [0.1, 0.15) is 18.5 Å². The maximum absolute atomic E-state index is 8.87. The predicted octanol–water partition coefficient (Wildman–Crippen LogP) is 1.73. The molecule has 0 unspecified atom stereocenters. The molecular formula is C14H20N4. The van der Waals surface area contributed by atoms with Crippen LogP contribution in [-0.4, -0.2) is 43.6 Å². The normalized spacial score (nSPS) is 16.9. The molecule has 0 aliphatic carbocycles. The van der Waals surface area contributed by atoms with E-state index in [-0.39, 0.29) is 0 Å². The average Bonchev–Trinajstić information content (AvgIpc) is 2.39. The lowest BCUT2D eigenvalue weighted by Crippen LogP contribution is -2.37. The van der Waals surface area contributed by atoms with Crippen LogP contribution < -0.4 is 4.90 Å². The number of anilines is 1. The van der Waals surface area contributed by atoms with E-state index in [0.717, 1.165) is 24.8 Å². The molecular weight excluding hydrogens is 224 g/mol. The van der Waals surface area contributed by atoms with Crippen LogP contribution in [0.5, 0.6) is 0 Å². The van der Waals surface area contributed by atoms with E-state index in [1.54, 1.807) is 6.07 Å². The molecule has 1 saturated heterocycles. The van der Waals surface area contributed by atoms with Gasteiger partial charge in [0.1, 0.15) is 17.6 Å². The average molecular weight is 244 g/mol. The molecule has 1 aliphatic rings. The third-order valence-corrected chi connectivity index (χ3v) is 3.41. The Balaban J connectivity index is 1.95. The van der Waals surface area contributed by atoms with Gasteiger partial charge in [-0.2, -0.15) is 5.26 Å². The Morgan fingerprint density at radius 3 is 2.72 bits per heavy atom. The number of nitrogens with zero attached hydrogens (tertiary/aromatic N) is 4. The molecule has 1 aliphatic heterocycles. The number of piperidine rings is 1. The Hall–Kier alpha value is -1.60. The molecule has 1 fully saturated rings. The second-order valence-corrected chi connectivity index (χ2v) is 5.19. The van der Waals surface area contributed by atoms with Gasteiger partial charge in [0.2, 0.25) is 0 Å². The van der Waals surface area contributed by atoms with Crippen molar-refractivity contribution in [1.29, 1.82) is 5.26 Å². The fourth-order valence-electron chi connectivity index (χ4n) is 2.52. The fourth-order valence-corrected chi connectivity index (χ4v) is 2.52. The van der Waals surface area contributed by atoms with E-state index in [4.69, 9.17) is 5.26 Å². The summed E-state index contributed by atoms with van der Waals surface area (Å²) in [6.45, 7) is 3.25. The number of nitriles is 1. The Bertz CT molecular complexity index is 428. The van der Waals surface area contributed by atoms with Gasteiger partial charge >= 0.3 is 0 Å². The van der Waals surface area contributed by atoms with Gasteiger partial charge in [-0.3, -0.25) is 0 Å². The Morgan fingerprint density at radius 1 is 1.39 bits per heavy atom. The third-order valence-electron chi connectivity index (χ3n) is 3.41. The minimum absolute atomic E-state index is 0.503. The molecule has 0 radical (unpaired) electrons. The summed E-state index contributed by atoms with van der Waals surface area (Å²) in [5.41, 5.74) is 0.503. The number of hydrogen-bond acceptors (Lipinski definition) is 4. The monoisotopic (exact) mass is 244 g/mol. The van der Waals surface area contributed by atoms with Crippen molar-refractivity contribution in [3.05, 3.63) is 23.9 Å². The Morgan fingerprint density at radius 2 is 2.11 bits per heavy atom. The van der Waals surface area contributed by atoms with Gasteiger partial charge < -0.3 is 9.80 Å². The lowest BCUT2D eigenvalue weighted by atomic mass is 9.96. The highest BCUT2D eigenvalue weighted by atomic mass is 15.2. The highest BCUT2D eigenvalue weighted by Gasteiger charge is 2.20. The third kappa shape index (κ3) is 3.21. The zero-order valence-electron chi connectivity index (χ0n) is 11.1. The van der Waals surface area contributed by atoms with Crippen molar-refractivity contribution in [2.75, 3.05) is 38.6 Å². The van der Waals surface area contributed by atoms with Crippen LogP contribution in [0.3, 0.4) is 0 Å². The number of pyridine rings is 1. The molecule has 0 atom stereocenters. The van der Waals surface area contributed by atoms with Crippen LogP contribution in [0.4, 0.5) is 5.82 Å². The first-order valence-corrected chi connectivity index (χ1v) is 6.46. The van der Waals surface area contributed by atoms with E-state index in [9.17, 15) is 0 Å². The lowest BCUT2D eigenvalue weighted by molar-refractivity contribution is 0.284. The van der Waals surface area contributed by atoms with E-state index in [1.165, 1.54) is 19.4 Å². The van der Waals surface area contributed by atoms with Gasteiger partial charge in [-0.05, 0) is 45.0 Å². The first kappa shape index (κ1) is 12.8. The molecule has 96 valence electrons. The Labute approximate surface area is 109 Å². The second kappa shape index (κ2) is 5.83. The standard InChI is InChI=1S/C14H20N4/c1-17(2)11-12-6-8-18(9-7-12)14-5-3-4-13(10-15)16-14/h3-5,12H,6-9,11H2,1-2H3. The summed E-state index contributed by atoms with van der Waals surface area (Å²) in [5.74, 6) is 1.73. The minimum atomic E-state index is 0.503. The molecule has 4 heteroatoms. The van der Waals surface area contributed by atoms with Crippen molar-refractivity contribution >= 4 is 5.82 Å². The molecule has 1 aromatic rings. The zero-order chi connectivity index (χ0) is 13.0. The quantitative estimate of drug-likeness (QED) is 0.812. The summed E-state index contributed by atoms with van der Waals surface area (Å²) in [5, 5.41) is 8.87. The van der Waals surface area contributed by atoms with E-state index < -0.39 is 0 Å². The van der Waals surface area contributed by atoms with Crippen molar-refractivity contribution in [3.8, 4) is 6.07 Å². The summed E-state index contributed by atoms with van der Waals surface area (Å²) in [6, 6.07) is 7.75. The predicted molar refractivity (Wildman–Crippen MR) is 72.4 cm³/mol. The van der Waals surface area contributed by atoms with Crippen LogP contribution in [-0.2, 0) is 0 Å². The lowest BCUT2D eigenvalue weighted by Gasteiger charge is -2.33. The van der Waals surface area contributed by atoms with Gasteiger partial charge in [-0.15, -0.1) is 0 Å². The van der Waals surface area contributed by atoms with E-state index in [1.807, 2.05) is 12.1 Å². The molecule has 4 nitrogen and oxygen atoms in total. The molecule has 0 saturated carbocycles. The van der Waals surface area contributed by atoms with Gasteiger partial charge in [-0.25, -0.2) is 4.98 Å². The first-order chi connectivity index (χ1) is 8.69. The Kier molecular flexibility index (Phi) is 4.16. The highest BCUT2D eigenvalue weighted by Crippen LogP contribution is 2.22. The van der Waals surface area contributed by atoms with Crippen molar-refractivity contribution in [1.82, 2.24) is 9.88 Å². The van der Waals surface area contributed by atoms with Crippen LogP contribution in [0.25, 0.3) is 0 Å². The van der Waals surface area contributed by atoms with Crippen molar-refractivity contribution in [3.63, 3.8) is 0 Å². The maximum Gasteiger partial charge on any atom is 0.142 e. The molecule has 0 spiro atoms. The van der Waals surface area contributed by atoms with Crippen LogP contribution in [0.2, 0.25) is 0 Å². The molecule has 2 rings (SSSR count). The first-order valence-electron chi connectivity index (χ1n) is 6.46. The SMILES string of the molecule is CN(C)CC1CCN(c2cccc(C#N)n2)CC1. The molecule has 0 aromatic carbocycles. The molecule has 0 bridgehead atoms. The van der Waals surface area contributed by atoms with Gasteiger partial charge in [0.05, 0.1) is 0 Å². The molecule has 0 amide bonds. The van der Waals surface area contributed by atoms with E-state index in [0.29, 0.717) is 5.69 Å². The van der Waals surface area contributed by atoms with E-state index in [2.05, 4.69) is 34.9 Å². The minimum Gasteiger partial charge on any atom is -0.357 e. The topological polar surface area (TPSA) is 43.2 Å². The second-order valence-electron chi connectivity index (χ2n) is 5.19. The summed E-state index contributed by atoms with van der Waals surface area (Å²) in [4.78, 5) is 8.90. The van der Waals surface area contributed by atoms with E-state index >= 15 is 0 Å². The molecule has 2 heterocycles. The van der Waals surface area contributed by atoms with Gasteiger partial charge in [-0.1, -0.05) is 6.07 Å². The summed E-state index contributed by atoms with van der Waals surface area (Å²) >= 11 is 0. The van der Waals surface area contributed by atoms with Crippen molar-refractivity contribution in [2.24, 2.45) is 5.92 Å². The summed E-state index contributed by atoms with van der Waals surface area (Å²) < 4.78 is 0. The molecule has 0 N–H and O–H groups in total. The van der Waals surface area contributed by atoms with Gasteiger partial charge in [0.15, 0.2) is 0 Å². The fraction of sp³-hybridized carbons (Fsp3) is 0.571. The van der Waals surface area contributed by atoms with Crippen molar-refractivity contribution < 1.29 is 0 Å². The summed E-state index contributed by atoms with van der Waals surface area (Å²) in [7, 11) is 4.26. The molecule has 18 heavy (non-hydrogen) atoms. The molecule has 1 aromatic heterocycles.